The van der Waals surface area contributed by atoms with Crippen LogP contribution in [0.5, 0.6) is 5.75 Å². The molecule has 65 heavy (non-hydrogen) atoms. The van der Waals surface area contributed by atoms with E-state index in [9.17, 15) is 14.4 Å². The summed E-state index contributed by atoms with van der Waals surface area (Å²) < 4.78 is 22.4. The highest BCUT2D eigenvalue weighted by Gasteiger charge is 2.50. The standard InChI is InChI=1S/C50H62N8O7/c1-6-33-12-15-40(57(33)49(60)44(52-26-62-4)28-16-18-64-19-17-28)46-51-24-38(54-46)30-10-13-34-32(20-30)25-65-42-23-35-29(21-36(34)42)11-14-37-45(35)55-47(53-37)41-22-31-8-7-9-39(31)58(41)48(59)43(27(2)3)56-50(61)63-5/h10-11,13-14,20-21,23-24,27-28,31,33,39-41,43-44,52H,6-9,12,15-19,22,25-26H2,1-5H3,(H,51,54)(H,53,55)(H,56,61)/t31-,33-,39-,40-,41-,43-,44-/m0/s1. The van der Waals surface area contributed by atoms with Gasteiger partial charge in [0.1, 0.15) is 30.0 Å². The number of amides is 3. The van der Waals surface area contributed by atoms with Crippen LogP contribution in [0.1, 0.15) is 108 Å². The second kappa shape index (κ2) is 18.0. The van der Waals surface area contributed by atoms with E-state index in [4.69, 9.17) is 28.9 Å². The van der Waals surface area contributed by atoms with Gasteiger partial charge in [-0.1, -0.05) is 45.4 Å². The van der Waals surface area contributed by atoms with E-state index in [0.29, 0.717) is 32.5 Å². The number of nitrogens with zero attached hydrogens (tertiary/aromatic N) is 4. The Labute approximate surface area is 379 Å². The van der Waals surface area contributed by atoms with E-state index in [-0.39, 0.29) is 53.9 Å². The van der Waals surface area contributed by atoms with Gasteiger partial charge in [0.2, 0.25) is 11.8 Å². The number of likely N-dealkylation sites (tertiary alicyclic amines) is 2. The summed E-state index contributed by atoms with van der Waals surface area (Å²) in [5.41, 5.74) is 6.88. The molecule has 3 amide bonds. The number of hydrogen-bond acceptors (Lipinski definition) is 10. The van der Waals surface area contributed by atoms with Crippen molar-refractivity contribution in [1.29, 1.82) is 0 Å². The molecule has 0 radical (unpaired) electrons. The zero-order valence-electron chi connectivity index (χ0n) is 38.2. The van der Waals surface area contributed by atoms with Crippen molar-refractivity contribution in [2.45, 2.75) is 121 Å². The number of nitrogens with one attached hydrogen (secondary N) is 4. The third-order valence-corrected chi connectivity index (χ3v) is 15.1. The zero-order chi connectivity index (χ0) is 44.9. The third-order valence-electron chi connectivity index (χ3n) is 15.1. The lowest BCUT2D eigenvalue weighted by molar-refractivity contribution is -0.140. The van der Waals surface area contributed by atoms with Crippen molar-refractivity contribution in [1.82, 2.24) is 40.4 Å². The van der Waals surface area contributed by atoms with Crippen molar-refractivity contribution in [3.8, 4) is 28.1 Å². The Kier molecular flexibility index (Phi) is 12.0. The normalized spacial score (nSPS) is 23.9. The van der Waals surface area contributed by atoms with Crippen molar-refractivity contribution >= 4 is 39.7 Å². The molecule has 1 saturated carbocycles. The lowest BCUT2D eigenvalue weighted by atomic mass is 9.90. The minimum absolute atomic E-state index is 0.0871. The Balaban J connectivity index is 0.908. The molecule has 344 valence electrons. The summed E-state index contributed by atoms with van der Waals surface area (Å²) in [6, 6.07) is 13.8. The smallest absolute Gasteiger partial charge is 0.407 e. The summed E-state index contributed by atoms with van der Waals surface area (Å²) in [5.74, 6) is 2.87. The molecular formula is C50H62N8O7. The van der Waals surface area contributed by atoms with Gasteiger partial charge < -0.3 is 44.0 Å². The van der Waals surface area contributed by atoms with E-state index in [0.717, 1.165) is 125 Å². The molecule has 3 saturated heterocycles. The minimum atomic E-state index is -0.701. The molecule has 10 rings (SSSR count). The zero-order valence-corrected chi connectivity index (χ0v) is 38.2. The number of hydrogen-bond donors (Lipinski definition) is 4. The van der Waals surface area contributed by atoms with Gasteiger partial charge >= 0.3 is 6.09 Å². The number of aromatic nitrogens is 4. The molecule has 15 nitrogen and oxygen atoms in total. The fraction of sp³-hybridized carbons (Fsp3) is 0.540. The predicted octanol–water partition coefficient (Wildman–Crippen LogP) is 7.92. The number of alkyl carbamates (subject to hydrolysis) is 1. The second-order valence-corrected chi connectivity index (χ2v) is 19.1. The third kappa shape index (κ3) is 7.92. The second-order valence-electron chi connectivity index (χ2n) is 19.1. The van der Waals surface area contributed by atoms with E-state index >= 15 is 0 Å². The lowest BCUT2D eigenvalue weighted by Gasteiger charge is -2.37. The van der Waals surface area contributed by atoms with Gasteiger partial charge in [-0.25, -0.2) is 14.8 Å². The van der Waals surface area contributed by atoms with Crippen molar-refractivity contribution < 1.29 is 33.3 Å². The maximum atomic E-state index is 14.5. The molecule has 0 unspecified atom stereocenters. The molecule has 4 aliphatic heterocycles. The molecule has 6 heterocycles. The molecule has 0 bridgehead atoms. The first-order valence-electron chi connectivity index (χ1n) is 23.7. The first kappa shape index (κ1) is 43.4. The van der Waals surface area contributed by atoms with Gasteiger partial charge in [-0.2, -0.15) is 0 Å². The van der Waals surface area contributed by atoms with Gasteiger partial charge in [0.15, 0.2) is 0 Å². The molecule has 4 fully saturated rings. The van der Waals surface area contributed by atoms with E-state index < -0.39 is 12.1 Å². The number of ether oxygens (including phenoxy) is 4. The van der Waals surface area contributed by atoms with Crippen molar-refractivity contribution in [2.24, 2.45) is 17.8 Å². The van der Waals surface area contributed by atoms with Crippen molar-refractivity contribution in [2.75, 3.05) is 34.2 Å². The van der Waals surface area contributed by atoms with Gasteiger partial charge in [0.05, 0.1) is 54.9 Å². The van der Waals surface area contributed by atoms with E-state index in [1.54, 1.807) is 7.11 Å². The van der Waals surface area contributed by atoms with Crippen LogP contribution in [0.2, 0.25) is 0 Å². The maximum absolute atomic E-state index is 14.5. The van der Waals surface area contributed by atoms with Crippen LogP contribution in [-0.2, 0) is 30.4 Å². The first-order valence-corrected chi connectivity index (χ1v) is 23.7. The molecule has 3 aromatic carbocycles. The Bertz CT molecular complexity index is 2580. The summed E-state index contributed by atoms with van der Waals surface area (Å²) in [5, 5.41) is 8.25. The highest BCUT2D eigenvalue weighted by atomic mass is 16.5. The fourth-order valence-corrected chi connectivity index (χ4v) is 11.7. The van der Waals surface area contributed by atoms with Gasteiger partial charge in [-0.3, -0.25) is 14.9 Å². The van der Waals surface area contributed by atoms with Crippen LogP contribution >= 0.6 is 0 Å². The number of benzene rings is 3. The van der Waals surface area contributed by atoms with Crippen molar-refractivity contribution in [3.63, 3.8) is 0 Å². The fourth-order valence-electron chi connectivity index (χ4n) is 11.7. The highest BCUT2D eigenvalue weighted by molar-refractivity contribution is 6.07. The number of methoxy groups -OCH3 is 2. The van der Waals surface area contributed by atoms with Crippen LogP contribution in [0.4, 0.5) is 4.79 Å². The summed E-state index contributed by atoms with van der Waals surface area (Å²) in [6.07, 6.45) is 9.58. The maximum Gasteiger partial charge on any atom is 0.407 e. The first-order chi connectivity index (χ1) is 31.6. The van der Waals surface area contributed by atoms with Crippen LogP contribution in [0, 0.1) is 17.8 Å². The average molecular weight is 887 g/mol. The highest BCUT2D eigenvalue weighted by Crippen LogP contribution is 2.49. The molecule has 5 aromatic rings. The number of carbonyl (C=O) groups excluding carboxylic acids is 3. The molecular weight excluding hydrogens is 825 g/mol. The Morgan fingerprint density at radius 1 is 0.908 bits per heavy atom. The topological polar surface area (TPSA) is 176 Å². The number of imidazole rings is 2. The SMILES string of the molecule is CC[C@H]1CC[C@@H](c2ncc(-c3ccc4c(c3)COc3cc5c(ccc6[nH]c([C@@H]7C[C@@H]8CCC[C@@H]8N7C(=O)[C@@H](NC(=O)OC)C(C)C)nc65)cc3-4)[nH]2)N1C(=O)[C@@H](NCOC)C1CCOCC1. The molecule has 15 heteroatoms. The Morgan fingerprint density at radius 2 is 1.75 bits per heavy atom. The lowest BCUT2D eigenvalue weighted by Crippen LogP contribution is -2.53. The molecule has 7 atom stereocenters. The number of carbonyl (C=O) groups is 3. The number of rotatable bonds is 12. The van der Waals surface area contributed by atoms with E-state index in [1.165, 1.54) is 7.11 Å². The van der Waals surface area contributed by atoms with Crippen LogP contribution in [0.25, 0.3) is 44.2 Å². The van der Waals surface area contributed by atoms with Gasteiger partial charge in [-0.05, 0) is 115 Å². The Morgan fingerprint density at radius 3 is 2.54 bits per heavy atom. The molecule has 0 spiro atoms. The average Bonchev–Trinajstić information content (AvgIpc) is 4.18. The predicted molar refractivity (Wildman–Crippen MR) is 246 cm³/mol. The van der Waals surface area contributed by atoms with Crippen LogP contribution in [0.15, 0.2) is 48.7 Å². The van der Waals surface area contributed by atoms with Gasteiger partial charge in [0.25, 0.3) is 0 Å². The summed E-state index contributed by atoms with van der Waals surface area (Å²) in [4.78, 5) is 62.6. The summed E-state index contributed by atoms with van der Waals surface area (Å²) >= 11 is 0. The molecule has 5 aliphatic rings. The van der Waals surface area contributed by atoms with Gasteiger partial charge in [0, 0.05) is 43.4 Å². The molecule has 1 aliphatic carbocycles. The quantitative estimate of drug-likeness (QED) is 0.0901. The summed E-state index contributed by atoms with van der Waals surface area (Å²) in [6.45, 7) is 8.11. The van der Waals surface area contributed by atoms with Crippen molar-refractivity contribution in [3.05, 3.63) is 65.9 Å². The van der Waals surface area contributed by atoms with E-state index in [2.05, 4.69) is 74.9 Å². The summed E-state index contributed by atoms with van der Waals surface area (Å²) in [7, 11) is 2.97. The molecule has 2 aromatic heterocycles. The number of fused-ring (bicyclic) bond motifs is 7. The monoisotopic (exact) mass is 886 g/mol. The number of aromatic amines is 2. The number of H-pyrrole nitrogens is 2. The van der Waals surface area contributed by atoms with Crippen LogP contribution in [-0.4, -0.2) is 106 Å². The van der Waals surface area contributed by atoms with E-state index in [1.807, 2.05) is 24.9 Å². The minimum Gasteiger partial charge on any atom is -0.488 e. The van der Waals surface area contributed by atoms with Crippen LogP contribution in [0.3, 0.4) is 0 Å². The van der Waals surface area contributed by atoms with Gasteiger partial charge in [-0.15, -0.1) is 0 Å². The Hall–Kier alpha value is -5.51. The largest absolute Gasteiger partial charge is 0.488 e. The van der Waals surface area contributed by atoms with Crippen LogP contribution < -0.4 is 15.4 Å². The molecule has 4 N–H and O–H groups in total.